The predicted octanol–water partition coefficient (Wildman–Crippen LogP) is 4.19. The van der Waals surface area contributed by atoms with Crippen molar-refractivity contribution in [2.45, 2.75) is 44.1 Å². The van der Waals surface area contributed by atoms with Crippen molar-refractivity contribution in [3.8, 4) is 0 Å². The van der Waals surface area contributed by atoms with E-state index in [1.165, 1.54) is 4.90 Å². The number of piperidine rings is 1. The average molecular weight is 513 g/mol. The van der Waals surface area contributed by atoms with E-state index in [-0.39, 0.29) is 22.9 Å². The minimum absolute atomic E-state index is 0.0105. The number of benzene rings is 1. The van der Waals surface area contributed by atoms with Gasteiger partial charge >= 0.3 is 0 Å². The molecular weight excluding hydrogens is 476 g/mol. The number of aliphatic hydroxyl groups is 1. The molecule has 0 spiro atoms. The van der Waals surface area contributed by atoms with E-state index in [0.29, 0.717) is 23.6 Å². The number of pyridine rings is 1. The number of anilines is 1. The number of likely N-dealkylation sites (N-methyl/N-ethyl adjacent to an activating group) is 1. The van der Waals surface area contributed by atoms with Gasteiger partial charge in [-0.25, -0.2) is 4.98 Å². The maximum atomic E-state index is 13.3. The molecule has 1 aromatic heterocycles. The lowest BCUT2D eigenvalue weighted by atomic mass is 9.87. The number of amides is 2. The summed E-state index contributed by atoms with van der Waals surface area (Å²) in [5, 5.41) is 11.6. The van der Waals surface area contributed by atoms with E-state index in [1.54, 1.807) is 32.1 Å². The fourth-order valence-electron chi connectivity index (χ4n) is 5.19. The van der Waals surface area contributed by atoms with Crippen LogP contribution in [0.2, 0.25) is 5.15 Å². The van der Waals surface area contributed by atoms with Gasteiger partial charge in [0, 0.05) is 46.7 Å². The van der Waals surface area contributed by atoms with Crippen LogP contribution in [0.5, 0.6) is 0 Å². The summed E-state index contributed by atoms with van der Waals surface area (Å²) in [6.45, 7) is 2.41. The summed E-state index contributed by atoms with van der Waals surface area (Å²) in [5.74, 6) is 1.06. The quantitative estimate of drug-likeness (QED) is 0.510. The Morgan fingerprint density at radius 2 is 1.72 bits per heavy atom. The molecule has 0 radical (unpaired) electrons. The lowest BCUT2D eigenvalue weighted by Gasteiger charge is -2.34. The number of halogens is 1. The molecule has 2 amide bonds. The van der Waals surface area contributed by atoms with Crippen LogP contribution in [0, 0.1) is 11.8 Å². The fraction of sp³-hybridized carbons (Fsp3) is 0.536. The highest BCUT2D eigenvalue weighted by atomic mass is 35.5. The van der Waals surface area contributed by atoms with Gasteiger partial charge in [0.15, 0.2) is 5.60 Å². The Bertz CT molecular complexity index is 1070. The summed E-state index contributed by atoms with van der Waals surface area (Å²) < 4.78 is 0. The first kappa shape index (κ1) is 26.4. The van der Waals surface area contributed by atoms with Crippen molar-refractivity contribution in [1.29, 1.82) is 0 Å². The van der Waals surface area contributed by atoms with Crippen molar-refractivity contribution in [2.24, 2.45) is 11.8 Å². The second-order valence-electron chi connectivity index (χ2n) is 10.4. The molecule has 1 aliphatic heterocycles. The molecule has 2 heterocycles. The first-order valence-electron chi connectivity index (χ1n) is 12.9. The summed E-state index contributed by atoms with van der Waals surface area (Å²) in [7, 11) is 5.20. The molecule has 1 saturated heterocycles. The van der Waals surface area contributed by atoms with Gasteiger partial charge in [0.05, 0.1) is 5.56 Å². The zero-order chi connectivity index (χ0) is 25.9. The van der Waals surface area contributed by atoms with Crippen LogP contribution in [0.15, 0.2) is 42.5 Å². The topological polar surface area (TPSA) is 77.0 Å². The highest BCUT2D eigenvalue weighted by molar-refractivity contribution is 6.32. The first-order chi connectivity index (χ1) is 17.2. The summed E-state index contributed by atoms with van der Waals surface area (Å²) in [6, 6.07) is 13.0. The van der Waals surface area contributed by atoms with E-state index < -0.39 is 5.60 Å². The highest BCUT2D eigenvalue weighted by Gasteiger charge is 2.51. The Balaban J connectivity index is 1.25. The van der Waals surface area contributed by atoms with Gasteiger partial charge in [-0.3, -0.25) is 9.59 Å². The molecule has 8 heteroatoms. The van der Waals surface area contributed by atoms with Crippen LogP contribution in [0.25, 0.3) is 0 Å². The summed E-state index contributed by atoms with van der Waals surface area (Å²) in [6.07, 6.45) is 5.82. The van der Waals surface area contributed by atoms with E-state index in [0.717, 1.165) is 57.4 Å². The molecule has 194 valence electrons. The number of hydrogen-bond donors (Lipinski definition) is 1. The summed E-state index contributed by atoms with van der Waals surface area (Å²) >= 11 is 6.30. The third-order valence-electron chi connectivity index (χ3n) is 7.57. The van der Waals surface area contributed by atoms with Crippen molar-refractivity contribution in [3.63, 3.8) is 0 Å². The van der Waals surface area contributed by atoms with E-state index in [2.05, 4.69) is 9.88 Å². The molecule has 1 aromatic carbocycles. The number of carbonyl (C=O) groups is 2. The van der Waals surface area contributed by atoms with Crippen molar-refractivity contribution >= 4 is 29.2 Å². The van der Waals surface area contributed by atoms with Crippen molar-refractivity contribution in [1.82, 2.24) is 14.8 Å². The van der Waals surface area contributed by atoms with Crippen molar-refractivity contribution in [3.05, 3.63) is 58.7 Å². The molecule has 2 aliphatic rings. The molecule has 1 N–H and O–H groups in total. The Hall–Kier alpha value is -2.64. The average Bonchev–Trinajstić information content (AvgIpc) is 3.74. The normalized spacial score (nSPS) is 18.0. The minimum atomic E-state index is -1.41. The number of carbonyl (C=O) groups excluding carboxylic acids is 2. The molecule has 36 heavy (non-hydrogen) atoms. The minimum Gasteiger partial charge on any atom is -0.375 e. The summed E-state index contributed by atoms with van der Waals surface area (Å²) in [5.41, 5.74) is -0.299. The predicted molar refractivity (Wildman–Crippen MR) is 142 cm³/mol. The second-order valence-corrected chi connectivity index (χ2v) is 10.8. The molecule has 1 unspecified atom stereocenters. The molecule has 2 fully saturated rings. The molecule has 4 rings (SSSR count). The van der Waals surface area contributed by atoms with Crippen LogP contribution in [0.1, 0.15) is 54.4 Å². The Labute approximate surface area is 219 Å². The monoisotopic (exact) mass is 512 g/mol. The summed E-state index contributed by atoms with van der Waals surface area (Å²) in [4.78, 5) is 35.4. The standard InChI is InChI=1S/C28H37ClN4O3/c1-31(2)26(34)23-13-14-24(30-25(23)29)33-18-15-20(16-19-33)8-7-17-32(3)27(35)28(36,22-11-12-22)21-9-5-4-6-10-21/h4-6,9-10,13-14,20,22,36H,7-8,11-12,15-19H2,1-3H3. The molecule has 1 atom stereocenters. The first-order valence-corrected chi connectivity index (χ1v) is 13.3. The third kappa shape index (κ3) is 5.68. The Morgan fingerprint density at radius 1 is 1.06 bits per heavy atom. The van der Waals surface area contributed by atoms with Crippen LogP contribution >= 0.6 is 11.6 Å². The number of hydrogen-bond acceptors (Lipinski definition) is 5. The number of aromatic nitrogens is 1. The maximum absolute atomic E-state index is 13.3. The van der Waals surface area contributed by atoms with Crippen LogP contribution in [0.3, 0.4) is 0 Å². The van der Waals surface area contributed by atoms with Gasteiger partial charge in [0.25, 0.3) is 11.8 Å². The molecule has 0 bridgehead atoms. The van der Waals surface area contributed by atoms with Gasteiger partial charge in [-0.05, 0) is 62.1 Å². The third-order valence-corrected chi connectivity index (χ3v) is 7.86. The van der Waals surface area contributed by atoms with E-state index in [1.807, 2.05) is 36.4 Å². The lowest BCUT2D eigenvalue weighted by molar-refractivity contribution is -0.153. The largest absolute Gasteiger partial charge is 0.375 e. The van der Waals surface area contributed by atoms with Gasteiger partial charge in [-0.15, -0.1) is 0 Å². The zero-order valence-electron chi connectivity index (χ0n) is 21.5. The van der Waals surface area contributed by atoms with Gasteiger partial charge in [0.2, 0.25) is 0 Å². The molecule has 1 saturated carbocycles. The van der Waals surface area contributed by atoms with E-state index in [9.17, 15) is 14.7 Å². The lowest BCUT2D eigenvalue weighted by Crippen LogP contribution is -2.47. The van der Waals surface area contributed by atoms with Crippen LogP contribution < -0.4 is 4.90 Å². The van der Waals surface area contributed by atoms with E-state index >= 15 is 0 Å². The molecule has 1 aliphatic carbocycles. The molecule has 7 nitrogen and oxygen atoms in total. The van der Waals surface area contributed by atoms with Gasteiger partial charge in [-0.1, -0.05) is 41.9 Å². The van der Waals surface area contributed by atoms with Crippen LogP contribution in [-0.4, -0.2) is 72.5 Å². The Morgan fingerprint density at radius 3 is 2.31 bits per heavy atom. The smallest absolute Gasteiger partial charge is 0.259 e. The van der Waals surface area contributed by atoms with Gasteiger partial charge in [-0.2, -0.15) is 0 Å². The van der Waals surface area contributed by atoms with E-state index in [4.69, 9.17) is 11.6 Å². The van der Waals surface area contributed by atoms with Crippen LogP contribution in [0.4, 0.5) is 5.82 Å². The van der Waals surface area contributed by atoms with Gasteiger partial charge in [0.1, 0.15) is 11.0 Å². The van der Waals surface area contributed by atoms with Crippen molar-refractivity contribution in [2.75, 3.05) is 45.7 Å². The van der Waals surface area contributed by atoms with Crippen molar-refractivity contribution < 1.29 is 14.7 Å². The SMILES string of the molecule is CN(C)C(=O)c1ccc(N2CCC(CCCN(C)C(=O)C(O)(c3ccccc3)C3CC3)CC2)nc1Cl. The molecular formula is C28H37ClN4O3. The maximum Gasteiger partial charge on any atom is 0.259 e. The number of rotatable bonds is 9. The number of nitrogens with zero attached hydrogens (tertiary/aromatic N) is 4. The Kier molecular flexibility index (Phi) is 8.20. The second kappa shape index (κ2) is 11.2. The highest BCUT2D eigenvalue weighted by Crippen LogP contribution is 2.46. The van der Waals surface area contributed by atoms with Gasteiger partial charge < -0.3 is 19.8 Å². The molecule has 2 aromatic rings. The van der Waals surface area contributed by atoms with Crippen LogP contribution in [-0.2, 0) is 10.4 Å². The fourth-order valence-corrected chi connectivity index (χ4v) is 5.42. The zero-order valence-corrected chi connectivity index (χ0v) is 22.2.